The summed E-state index contributed by atoms with van der Waals surface area (Å²) >= 11 is 2.53. The lowest BCUT2D eigenvalue weighted by molar-refractivity contribution is 1.28. The smallest absolute Gasteiger partial charge is 0.240 e. The average molecular weight is 709 g/mol. The lowest BCUT2D eigenvalue weighted by atomic mass is 9.98. The highest BCUT2D eigenvalue weighted by molar-refractivity contribution is 7.17. The fraction of sp³-hybridized carbons (Fsp3) is 0.0435. The minimum atomic E-state index is -0.0198. The number of fused-ring (bicyclic) bond motifs is 6. The van der Waals surface area contributed by atoms with E-state index in [1.807, 2.05) is 84.9 Å². The van der Waals surface area contributed by atoms with Crippen molar-refractivity contribution >= 4 is 98.5 Å². The Morgan fingerprint density at radius 3 is 0.981 bits per heavy atom. The maximum Gasteiger partial charge on any atom is 0.240 e. The predicted octanol–water partition coefficient (Wildman–Crippen LogP) is 12.7. The van der Waals surface area contributed by atoms with Crippen LogP contribution in [0.4, 0.5) is 34.1 Å². The molecule has 0 aliphatic rings. The van der Waals surface area contributed by atoms with Gasteiger partial charge in [-0.3, -0.25) is 9.59 Å². The summed E-state index contributed by atoms with van der Waals surface area (Å²) in [6.07, 6.45) is 0. The van der Waals surface area contributed by atoms with Crippen LogP contribution >= 0.6 is 22.7 Å². The molecule has 0 atom stereocenters. The van der Waals surface area contributed by atoms with E-state index in [1.165, 1.54) is 22.7 Å². The summed E-state index contributed by atoms with van der Waals surface area (Å²) in [5, 5.41) is 4.92. The van der Waals surface area contributed by atoms with Crippen molar-refractivity contribution in [1.29, 1.82) is 0 Å². The molecule has 0 bridgehead atoms. The van der Waals surface area contributed by atoms with Crippen LogP contribution in [0.5, 0.6) is 0 Å². The molecule has 0 amide bonds. The lowest BCUT2D eigenvalue weighted by Gasteiger charge is -2.26. The molecule has 4 nitrogen and oxygen atoms in total. The largest absolute Gasteiger partial charge is 0.310 e. The number of anilines is 6. The van der Waals surface area contributed by atoms with Crippen molar-refractivity contribution in [3.05, 3.63) is 188 Å². The Morgan fingerprint density at radius 2 is 0.673 bits per heavy atom. The Labute approximate surface area is 308 Å². The maximum atomic E-state index is 14.1. The molecule has 0 saturated carbocycles. The summed E-state index contributed by atoms with van der Waals surface area (Å²) in [5.41, 5.74) is 8.17. The average Bonchev–Trinajstić information content (AvgIpc) is 3.16. The molecule has 9 aromatic rings. The van der Waals surface area contributed by atoms with Crippen LogP contribution in [-0.2, 0) is 0 Å². The third-order valence-corrected chi connectivity index (χ3v) is 11.6. The van der Waals surface area contributed by atoms with E-state index >= 15 is 0 Å². The summed E-state index contributed by atoms with van der Waals surface area (Å²) in [5.74, 6) is 0. The summed E-state index contributed by atoms with van der Waals surface area (Å²) in [6, 6.07) is 53.6. The molecule has 2 aromatic heterocycles. The molecule has 0 aliphatic carbocycles. The minimum absolute atomic E-state index is 0.0198. The van der Waals surface area contributed by atoms with E-state index in [0.29, 0.717) is 10.8 Å². The number of hydrogen-bond donors (Lipinski definition) is 0. The van der Waals surface area contributed by atoms with Gasteiger partial charge < -0.3 is 9.80 Å². The first-order chi connectivity index (χ1) is 25.4. The number of nitrogens with zero attached hydrogens (tertiary/aromatic N) is 2. The summed E-state index contributed by atoms with van der Waals surface area (Å²) in [6.45, 7) is 4.19. The van der Waals surface area contributed by atoms with Crippen LogP contribution in [0.1, 0.15) is 11.1 Å². The Kier molecular flexibility index (Phi) is 7.91. The van der Waals surface area contributed by atoms with E-state index < -0.39 is 0 Å². The van der Waals surface area contributed by atoms with Gasteiger partial charge >= 0.3 is 0 Å². The number of aryl methyl sites for hydroxylation is 2. The highest BCUT2D eigenvalue weighted by Crippen LogP contribution is 2.42. The molecule has 0 unspecified atom stereocenters. The highest BCUT2D eigenvalue weighted by Gasteiger charge is 2.20. The Hall–Kier alpha value is -6.08. The third kappa shape index (κ3) is 5.44. The zero-order chi connectivity index (χ0) is 35.3. The van der Waals surface area contributed by atoms with E-state index in [0.717, 1.165) is 76.2 Å². The molecule has 0 radical (unpaired) electrons. The van der Waals surface area contributed by atoms with Crippen LogP contribution in [0.15, 0.2) is 167 Å². The van der Waals surface area contributed by atoms with E-state index in [-0.39, 0.29) is 9.48 Å². The zero-order valence-electron chi connectivity index (χ0n) is 28.5. The van der Waals surface area contributed by atoms with Crippen LogP contribution in [0.3, 0.4) is 0 Å². The normalized spacial score (nSPS) is 11.4. The summed E-state index contributed by atoms with van der Waals surface area (Å²) < 4.78 is 1.74. The second kappa shape index (κ2) is 12.9. The minimum Gasteiger partial charge on any atom is -0.310 e. The topological polar surface area (TPSA) is 40.6 Å². The van der Waals surface area contributed by atoms with E-state index in [4.69, 9.17) is 0 Å². The third-order valence-electron chi connectivity index (χ3n) is 9.68. The molecule has 6 heteroatoms. The van der Waals surface area contributed by atoms with Gasteiger partial charge in [0.15, 0.2) is 0 Å². The standard InChI is InChI=1S/C46H32N2O2S2/c1-29-23-35(47(31-15-7-3-8-16-31)32-17-9-4-10-18-32)25-41-43(29)37-27-40-38(28-39(37)45(49)51-41)44-30(2)24-36(26-42(44)52-46(40)50)48(33-19-11-5-12-20-33)34-21-13-6-14-22-34/h3-28H,1-2H3. The first kappa shape index (κ1) is 31.9. The molecule has 0 spiro atoms. The van der Waals surface area contributed by atoms with Crippen LogP contribution < -0.4 is 19.3 Å². The zero-order valence-corrected chi connectivity index (χ0v) is 30.2. The molecule has 7 aromatic carbocycles. The van der Waals surface area contributed by atoms with Gasteiger partial charge in [-0.1, -0.05) is 95.5 Å². The van der Waals surface area contributed by atoms with E-state index in [9.17, 15) is 9.59 Å². The van der Waals surface area contributed by atoms with Gasteiger partial charge in [-0.2, -0.15) is 0 Å². The molecule has 9 rings (SSSR count). The Morgan fingerprint density at radius 1 is 0.365 bits per heavy atom. The van der Waals surface area contributed by atoms with Gasteiger partial charge in [-0.05, 0) is 121 Å². The van der Waals surface area contributed by atoms with Crippen LogP contribution in [0.25, 0.3) is 41.7 Å². The van der Waals surface area contributed by atoms with Crippen molar-refractivity contribution in [3.63, 3.8) is 0 Å². The van der Waals surface area contributed by atoms with Crippen LogP contribution in [0, 0.1) is 13.8 Å². The lowest BCUT2D eigenvalue weighted by Crippen LogP contribution is -2.10. The molecule has 52 heavy (non-hydrogen) atoms. The van der Waals surface area contributed by atoms with Crippen molar-refractivity contribution < 1.29 is 0 Å². The molecule has 0 N–H and O–H groups in total. The SMILES string of the molecule is Cc1cc(N(c2ccccc2)c2ccccc2)cc2sc(=O)c3cc4c(cc3c12)c(=O)sc1cc(N(c2ccccc2)c2ccccc2)cc(C)c14. The molecule has 0 aliphatic heterocycles. The molecule has 0 fully saturated rings. The molecule has 2 heterocycles. The van der Waals surface area contributed by atoms with E-state index in [1.54, 1.807) is 0 Å². The van der Waals surface area contributed by atoms with Crippen LogP contribution in [0.2, 0.25) is 0 Å². The number of para-hydroxylation sites is 4. The molecular weight excluding hydrogens is 677 g/mol. The predicted molar refractivity (Wildman–Crippen MR) is 224 cm³/mol. The van der Waals surface area contributed by atoms with Gasteiger partial charge in [0, 0.05) is 65.1 Å². The first-order valence-electron chi connectivity index (χ1n) is 17.2. The highest BCUT2D eigenvalue weighted by atomic mass is 32.1. The second-order valence-corrected chi connectivity index (χ2v) is 15.0. The number of benzene rings is 7. The fourth-order valence-electron chi connectivity index (χ4n) is 7.45. The van der Waals surface area contributed by atoms with Crippen LogP contribution in [-0.4, -0.2) is 0 Å². The fourth-order valence-corrected chi connectivity index (χ4v) is 9.51. The van der Waals surface area contributed by atoms with Gasteiger partial charge in [0.05, 0.1) is 0 Å². The second-order valence-electron chi connectivity index (χ2n) is 13.0. The van der Waals surface area contributed by atoms with Gasteiger partial charge in [0.1, 0.15) is 0 Å². The van der Waals surface area contributed by atoms with Gasteiger partial charge in [0.2, 0.25) is 9.48 Å². The summed E-state index contributed by atoms with van der Waals surface area (Å²) in [4.78, 5) is 32.5. The quantitative estimate of drug-likeness (QED) is 0.127. The van der Waals surface area contributed by atoms with Crippen molar-refractivity contribution in [2.75, 3.05) is 9.80 Å². The molecular formula is C46H32N2O2S2. The first-order valence-corrected chi connectivity index (χ1v) is 18.8. The van der Waals surface area contributed by atoms with Crippen molar-refractivity contribution in [2.45, 2.75) is 13.8 Å². The van der Waals surface area contributed by atoms with Gasteiger partial charge in [0.25, 0.3) is 0 Å². The number of hydrogen-bond acceptors (Lipinski definition) is 6. The molecule has 0 saturated heterocycles. The van der Waals surface area contributed by atoms with E-state index in [2.05, 4.69) is 96.4 Å². The van der Waals surface area contributed by atoms with Gasteiger partial charge in [-0.15, -0.1) is 0 Å². The Bertz CT molecular complexity index is 2630. The number of rotatable bonds is 6. The monoisotopic (exact) mass is 708 g/mol. The van der Waals surface area contributed by atoms with Crippen molar-refractivity contribution in [3.8, 4) is 0 Å². The maximum absolute atomic E-state index is 14.1. The Balaban J connectivity index is 1.24. The van der Waals surface area contributed by atoms with Crippen molar-refractivity contribution in [1.82, 2.24) is 0 Å². The van der Waals surface area contributed by atoms with Crippen molar-refractivity contribution in [2.24, 2.45) is 0 Å². The summed E-state index contributed by atoms with van der Waals surface area (Å²) in [7, 11) is 0. The van der Waals surface area contributed by atoms with Gasteiger partial charge in [-0.25, -0.2) is 0 Å². The molecule has 250 valence electrons.